The molecule has 2 heterocycles. The van der Waals surface area contributed by atoms with Crippen LogP contribution in [0.25, 0.3) is 27.3 Å². The smallest absolute Gasteiger partial charge is 0.132 e. The highest BCUT2D eigenvalue weighted by molar-refractivity contribution is 7.18. The van der Waals surface area contributed by atoms with Crippen LogP contribution in [-0.2, 0) is 0 Å². The lowest BCUT2D eigenvalue weighted by Crippen LogP contribution is -2.22. The van der Waals surface area contributed by atoms with E-state index in [9.17, 15) is 0 Å². The Hall–Kier alpha value is -3.15. The van der Waals surface area contributed by atoms with Gasteiger partial charge in [0.15, 0.2) is 0 Å². The van der Waals surface area contributed by atoms with Crippen molar-refractivity contribution in [3.05, 3.63) is 77.8 Å². The highest BCUT2D eigenvalue weighted by Gasteiger charge is 2.13. The van der Waals surface area contributed by atoms with Crippen LogP contribution in [0.2, 0.25) is 0 Å². The van der Waals surface area contributed by atoms with E-state index in [2.05, 4.69) is 53.4 Å². The molecule has 0 aliphatic carbocycles. The first-order valence-corrected chi connectivity index (χ1v) is 11.5. The number of nitrogens with zero attached hydrogens (tertiary/aromatic N) is 2. The Morgan fingerprint density at radius 3 is 2.42 bits per heavy atom. The fourth-order valence-corrected chi connectivity index (χ4v) is 4.63. The summed E-state index contributed by atoms with van der Waals surface area (Å²) < 4.78 is 7.08. The zero-order chi connectivity index (χ0) is 21.6. The first-order valence-electron chi connectivity index (χ1n) is 10.6. The van der Waals surface area contributed by atoms with Crippen molar-refractivity contribution in [1.82, 2.24) is 9.88 Å². The van der Waals surface area contributed by atoms with E-state index in [4.69, 9.17) is 10.5 Å². The third kappa shape index (κ3) is 4.79. The summed E-state index contributed by atoms with van der Waals surface area (Å²) in [6, 6.07) is 17.9. The van der Waals surface area contributed by atoms with Gasteiger partial charge in [0.2, 0.25) is 0 Å². The minimum atomic E-state index is 0.566. The van der Waals surface area contributed by atoms with Gasteiger partial charge in [0, 0.05) is 34.0 Å². The molecule has 0 fully saturated rings. The van der Waals surface area contributed by atoms with Gasteiger partial charge in [-0.15, -0.1) is 11.3 Å². The normalized spacial score (nSPS) is 11.6. The van der Waals surface area contributed by atoms with Crippen molar-refractivity contribution in [2.24, 2.45) is 0 Å². The highest BCUT2D eigenvalue weighted by atomic mass is 32.1. The molecule has 0 radical (unpaired) electrons. The van der Waals surface area contributed by atoms with E-state index < -0.39 is 0 Å². The standard InChI is InChI=1S/C26H27N3OS/c1-3-29(4-2)16-8-9-20-17-28-26(27)24-23(18-31-25(20)24)19-12-14-22(15-13-19)30-21-10-6-5-7-11-21/h5-15,17-18H,3-4,16H2,1-2H3,(H2,27,28). The molecule has 0 bridgehead atoms. The molecule has 2 N–H and O–H groups in total. The van der Waals surface area contributed by atoms with Crippen molar-refractivity contribution in [2.45, 2.75) is 13.8 Å². The van der Waals surface area contributed by atoms with Gasteiger partial charge in [0.05, 0.1) is 0 Å². The first kappa shape index (κ1) is 21.1. The lowest BCUT2D eigenvalue weighted by Gasteiger charge is -2.14. The van der Waals surface area contributed by atoms with Crippen LogP contribution in [0.1, 0.15) is 19.4 Å². The molecule has 31 heavy (non-hydrogen) atoms. The summed E-state index contributed by atoms with van der Waals surface area (Å²) in [5, 5.41) is 3.18. The van der Waals surface area contributed by atoms with E-state index in [-0.39, 0.29) is 0 Å². The van der Waals surface area contributed by atoms with Crippen molar-refractivity contribution in [2.75, 3.05) is 25.4 Å². The number of nitrogen functional groups attached to an aromatic ring is 1. The van der Waals surface area contributed by atoms with E-state index in [1.54, 1.807) is 11.3 Å². The molecule has 0 spiro atoms. The lowest BCUT2D eigenvalue weighted by atomic mass is 10.0. The van der Waals surface area contributed by atoms with Crippen LogP contribution in [0, 0.1) is 0 Å². The van der Waals surface area contributed by atoms with E-state index >= 15 is 0 Å². The van der Waals surface area contributed by atoms with E-state index in [0.717, 1.165) is 53.2 Å². The van der Waals surface area contributed by atoms with Gasteiger partial charge in [0.1, 0.15) is 17.3 Å². The Morgan fingerprint density at radius 2 is 1.71 bits per heavy atom. The number of aromatic nitrogens is 1. The van der Waals surface area contributed by atoms with Gasteiger partial charge >= 0.3 is 0 Å². The summed E-state index contributed by atoms with van der Waals surface area (Å²) in [6.45, 7) is 7.39. The number of hydrogen-bond donors (Lipinski definition) is 1. The number of likely N-dealkylation sites (N-methyl/N-ethyl adjacent to an activating group) is 1. The molecular formula is C26H27N3OS. The van der Waals surface area contributed by atoms with Crippen molar-refractivity contribution in [1.29, 1.82) is 0 Å². The van der Waals surface area contributed by atoms with Gasteiger partial charge in [-0.3, -0.25) is 0 Å². The Balaban J connectivity index is 1.60. The maximum Gasteiger partial charge on any atom is 0.132 e. The Bertz CT molecular complexity index is 1160. The SMILES string of the molecule is CCN(CC)CC=Cc1cnc(N)c2c(-c3ccc(Oc4ccccc4)cc3)csc12. The molecule has 2 aromatic carbocycles. The van der Waals surface area contributed by atoms with Crippen LogP contribution < -0.4 is 10.5 Å². The van der Waals surface area contributed by atoms with Gasteiger partial charge < -0.3 is 15.4 Å². The Labute approximate surface area is 187 Å². The molecule has 0 saturated heterocycles. The minimum absolute atomic E-state index is 0.566. The first-order chi connectivity index (χ1) is 15.2. The third-order valence-electron chi connectivity index (χ3n) is 5.35. The molecule has 0 amide bonds. The monoisotopic (exact) mass is 429 g/mol. The molecule has 0 atom stereocenters. The Kier molecular flexibility index (Phi) is 6.65. The zero-order valence-corrected chi connectivity index (χ0v) is 18.7. The van der Waals surface area contributed by atoms with Crippen LogP contribution in [-0.4, -0.2) is 29.5 Å². The fourth-order valence-electron chi connectivity index (χ4n) is 3.56. The molecule has 158 valence electrons. The number of anilines is 1. The van der Waals surface area contributed by atoms with Crippen LogP contribution in [0.3, 0.4) is 0 Å². The maximum atomic E-state index is 6.30. The van der Waals surface area contributed by atoms with Gasteiger partial charge in [0.25, 0.3) is 0 Å². The summed E-state index contributed by atoms with van der Waals surface area (Å²) in [7, 11) is 0. The van der Waals surface area contributed by atoms with Gasteiger partial charge in [-0.25, -0.2) is 4.98 Å². The predicted octanol–water partition coefficient (Wildman–Crippen LogP) is 6.69. The second-order valence-electron chi connectivity index (χ2n) is 7.28. The van der Waals surface area contributed by atoms with Crippen LogP contribution in [0.5, 0.6) is 11.5 Å². The average Bonchev–Trinajstić information content (AvgIpc) is 3.26. The molecule has 0 saturated carbocycles. The number of rotatable bonds is 8. The number of fused-ring (bicyclic) bond motifs is 1. The summed E-state index contributed by atoms with van der Waals surface area (Å²) in [6.07, 6.45) is 6.23. The van der Waals surface area contributed by atoms with E-state index in [1.165, 1.54) is 4.70 Å². The maximum absolute atomic E-state index is 6.30. The van der Waals surface area contributed by atoms with E-state index in [0.29, 0.717) is 5.82 Å². The number of benzene rings is 2. The quantitative estimate of drug-likeness (QED) is 0.339. The molecule has 5 heteroatoms. The molecule has 4 rings (SSSR count). The van der Waals surface area contributed by atoms with Gasteiger partial charge in [-0.05, 0) is 48.3 Å². The van der Waals surface area contributed by atoms with Crippen molar-refractivity contribution < 1.29 is 4.74 Å². The molecule has 0 aliphatic heterocycles. The number of nitrogens with two attached hydrogens (primary N) is 1. The molecule has 0 aliphatic rings. The summed E-state index contributed by atoms with van der Waals surface area (Å²) in [4.78, 5) is 6.84. The largest absolute Gasteiger partial charge is 0.457 e. The fraction of sp³-hybridized carbons (Fsp3) is 0.192. The molecule has 4 aromatic rings. The summed E-state index contributed by atoms with van der Waals surface area (Å²) >= 11 is 1.71. The van der Waals surface area contributed by atoms with Crippen LogP contribution in [0.4, 0.5) is 5.82 Å². The number of thiophene rings is 1. The molecule has 0 unspecified atom stereocenters. The van der Waals surface area contributed by atoms with Gasteiger partial charge in [-0.1, -0.05) is 56.3 Å². The van der Waals surface area contributed by atoms with Gasteiger partial charge in [-0.2, -0.15) is 0 Å². The molecule has 4 nitrogen and oxygen atoms in total. The number of hydrogen-bond acceptors (Lipinski definition) is 5. The third-order valence-corrected chi connectivity index (χ3v) is 6.38. The second-order valence-corrected chi connectivity index (χ2v) is 8.16. The summed E-state index contributed by atoms with van der Waals surface area (Å²) in [5.41, 5.74) is 9.61. The summed E-state index contributed by atoms with van der Waals surface area (Å²) in [5.74, 6) is 2.20. The second kappa shape index (κ2) is 9.77. The minimum Gasteiger partial charge on any atom is -0.457 e. The van der Waals surface area contributed by atoms with E-state index in [1.807, 2.05) is 48.7 Å². The lowest BCUT2D eigenvalue weighted by molar-refractivity contribution is 0.338. The highest BCUT2D eigenvalue weighted by Crippen LogP contribution is 2.39. The number of ether oxygens (including phenoxy) is 1. The van der Waals surface area contributed by atoms with Crippen molar-refractivity contribution in [3.8, 4) is 22.6 Å². The molecular weight excluding hydrogens is 402 g/mol. The zero-order valence-electron chi connectivity index (χ0n) is 17.9. The van der Waals surface area contributed by atoms with Crippen LogP contribution >= 0.6 is 11.3 Å². The predicted molar refractivity (Wildman–Crippen MR) is 133 cm³/mol. The number of para-hydroxylation sites is 1. The molecule has 2 aromatic heterocycles. The topological polar surface area (TPSA) is 51.4 Å². The number of pyridine rings is 1. The Morgan fingerprint density at radius 1 is 1.00 bits per heavy atom. The van der Waals surface area contributed by atoms with Crippen LogP contribution in [0.15, 0.2) is 72.3 Å². The van der Waals surface area contributed by atoms with Crippen molar-refractivity contribution in [3.63, 3.8) is 0 Å². The van der Waals surface area contributed by atoms with Crippen molar-refractivity contribution >= 4 is 33.3 Å². The average molecular weight is 430 g/mol.